The average molecular weight is 256 g/mol. The van der Waals surface area contributed by atoms with Gasteiger partial charge >= 0.3 is 5.91 Å². The van der Waals surface area contributed by atoms with Crippen LogP contribution in [0, 0.1) is 6.92 Å². The van der Waals surface area contributed by atoms with E-state index in [1.807, 2.05) is 37.3 Å². The first-order valence-electron chi connectivity index (χ1n) is 6.11. The molecular weight excluding hydrogens is 240 g/mol. The van der Waals surface area contributed by atoms with Crippen LogP contribution < -0.4 is 5.43 Å². The highest BCUT2D eigenvalue weighted by atomic mass is 16.3. The third kappa shape index (κ3) is 3.55. The van der Waals surface area contributed by atoms with Crippen LogP contribution in [0.15, 0.2) is 52.0 Å². The summed E-state index contributed by atoms with van der Waals surface area (Å²) in [5, 5.41) is 3.95. The average Bonchev–Trinajstić information content (AvgIpc) is 2.86. The molecule has 0 aliphatic heterocycles. The quantitative estimate of drug-likeness (QED) is 0.675. The molecule has 0 saturated heterocycles. The Balaban J connectivity index is 1.92. The maximum absolute atomic E-state index is 11.7. The third-order valence-electron chi connectivity index (χ3n) is 2.75. The Morgan fingerprint density at radius 2 is 2.00 bits per heavy atom. The van der Waals surface area contributed by atoms with E-state index in [-0.39, 0.29) is 17.6 Å². The number of furan rings is 1. The molecular formula is C15H16N2O2. The highest BCUT2D eigenvalue weighted by molar-refractivity contribution is 5.91. The van der Waals surface area contributed by atoms with Crippen LogP contribution in [0.2, 0.25) is 0 Å². The molecule has 2 rings (SSSR count). The predicted molar refractivity (Wildman–Crippen MR) is 74.3 cm³/mol. The predicted octanol–water partition coefficient (Wildman–Crippen LogP) is 3.11. The molecule has 1 N–H and O–H groups in total. The normalized spacial score (nSPS) is 12.5. The molecule has 98 valence electrons. The second kappa shape index (κ2) is 6.00. The summed E-state index contributed by atoms with van der Waals surface area (Å²) in [5.41, 5.74) is 3.60. The number of rotatable bonds is 4. The van der Waals surface area contributed by atoms with Gasteiger partial charge in [0.15, 0.2) is 5.76 Å². The van der Waals surface area contributed by atoms with Gasteiger partial charge in [0.2, 0.25) is 0 Å². The largest absolute Gasteiger partial charge is 0.456 e. The van der Waals surface area contributed by atoms with E-state index in [0.29, 0.717) is 5.76 Å². The van der Waals surface area contributed by atoms with Crippen molar-refractivity contribution in [1.29, 1.82) is 0 Å². The fourth-order valence-electron chi connectivity index (χ4n) is 1.66. The first-order chi connectivity index (χ1) is 9.16. The molecule has 1 atom stereocenters. The van der Waals surface area contributed by atoms with Crippen LogP contribution in [0.1, 0.15) is 34.7 Å². The molecule has 1 amide bonds. The molecule has 1 aromatic heterocycles. The number of nitrogens with one attached hydrogen (secondary N) is 1. The summed E-state index contributed by atoms with van der Waals surface area (Å²) in [5.74, 6) is 0.762. The lowest BCUT2D eigenvalue weighted by Crippen LogP contribution is -2.17. The van der Waals surface area contributed by atoms with Crippen molar-refractivity contribution >= 4 is 12.1 Å². The number of hydrogen-bond acceptors (Lipinski definition) is 3. The molecule has 1 aromatic carbocycles. The van der Waals surface area contributed by atoms with Gasteiger partial charge in [-0.2, -0.15) is 5.10 Å². The fourth-order valence-corrected chi connectivity index (χ4v) is 1.66. The van der Waals surface area contributed by atoms with Gasteiger partial charge in [0, 0.05) is 12.1 Å². The SMILES string of the molecule is Cc1ccc(C(=O)N/N=C/C(C)c2ccccc2)o1. The molecule has 0 radical (unpaired) electrons. The van der Waals surface area contributed by atoms with Crippen molar-refractivity contribution in [3.63, 3.8) is 0 Å². The number of aryl methyl sites for hydroxylation is 1. The highest BCUT2D eigenvalue weighted by Crippen LogP contribution is 2.11. The van der Waals surface area contributed by atoms with Gasteiger partial charge in [-0.3, -0.25) is 4.79 Å². The molecule has 4 nitrogen and oxygen atoms in total. The van der Waals surface area contributed by atoms with E-state index in [1.165, 1.54) is 0 Å². The van der Waals surface area contributed by atoms with Gasteiger partial charge in [0.25, 0.3) is 0 Å². The molecule has 2 aromatic rings. The van der Waals surface area contributed by atoms with Crippen LogP contribution in [0.5, 0.6) is 0 Å². The lowest BCUT2D eigenvalue weighted by Gasteiger charge is -2.04. The Kier molecular flexibility index (Phi) is 4.13. The molecule has 1 heterocycles. The Morgan fingerprint density at radius 3 is 2.63 bits per heavy atom. The Morgan fingerprint density at radius 1 is 1.26 bits per heavy atom. The summed E-state index contributed by atoms with van der Waals surface area (Å²) in [6, 6.07) is 13.3. The summed E-state index contributed by atoms with van der Waals surface area (Å²) in [6.07, 6.45) is 1.70. The van der Waals surface area contributed by atoms with Gasteiger partial charge in [-0.25, -0.2) is 5.43 Å². The summed E-state index contributed by atoms with van der Waals surface area (Å²) < 4.78 is 5.20. The number of carbonyl (C=O) groups is 1. The Hall–Kier alpha value is -2.36. The summed E-state index contributed by atoms with van der Waals surface area (Å²) in [4.78, 5) is 11.7. The zero-order valence-corrected chi connectivity index (χ0v) is 11.0. The molecule has 19 heavy (non-hydrogen) atoms. The van der Waals surface area contributed by atoms with E-state index < -0.39 is 0 Å². The number of benzene rings is 1. The summed E-state index contributed by atoms with van der Waals surface area (Å²) in [6.45, 7) is 3.81. The third-order valence-corrected chi connectivity index (χ3v) is 2.75. The van der Waals surface area contributed by atoms with Crippen LogP contribution in [-0.4, -0.2) is 12.1 Å². The van der Waals surface area contributed by atoms with Crippen molar-refractivity contribution in [2.75, 3.05) is 0 Å². The monoisotopic (exact) mass is 256 g/mol. The molecule has 0 spiro atoms. The zero-order chi connectivity index (χ0) is 13.7. The zero-order valence-electron chi connectivity index (χ0n) is 11.0. The van der Waals surface area contributed by atoms with Crippen molar-refractivity contribution in [3.05, 3.63) is 59.5 Å². The van der Waals surface area contributed by atoms with E-state index in [0.717, 1.165) is 5.56 Å². The van der Waals surface area contributed by atoms with E-state index >= 15 is 0 Å². The van der Waals surface area contributed by atoms with Crippen molar-refractivity contribution in [3.8, 4) is 0 Å². The van der Waals surface area contributed by atoms with Crippen molar-refractivity contribution in [2.45, 2.75) is 19.8 Å². The van der Waals surface area contributed by atoms with Crippen LogP contribution >= 0.6 is 0 Å². The molecule has 0 fully saturated rings. The van der Waals surface area contributed by atoms with Crippen molar-refractivity contribution in [1.82, 2.24) is 5.43 Å². The van der Waals surface area contributed by atoms with Gasteiger partial charge in [-0.15, -0.1) is 0 Å². The number of amides is 1. The number of carbonyl (C=O) groups excluding carboxylic acids is 1. The van der Waals surface area contributed by atoms with Crippen molar-refractivity contribution < 1.29 is 9.21 Å². The first-order valence-corrected chi connectivity index (χ1v) is 6.11. The van der Waals surface area contributed by atoms with Crippen LogP contribution in [-0.2, 0) is 0 Å². The van der Waals surface area contributed by atoms with Gasteiger partial charge in [-0.1, -0.05) is 37.3 Å². The number of nitrogens with zero attached hydrogens (tertiary/aromatic N) is 1. The van der Waals surface area contributed by atoms with E-state index in [4.69, 9.17) is 4.42 Å². The van der Waals surface area contributed by atoms with Gasteiger partial charge in [-0.05, 0) is 24.6 Å². The Labute approximate surface area is 112 Å². The fraction of sp³-hybridized carbons (Fsp3) is 0.200. The lowest BCUT2D eigenvalue weighted by molar-refractivity contribution is 0.0926. The minimum atomic E-state index is -0.343. The Bertz CT molecular complexity index is 573. The molecule has 0 aliphatic carbocycles. The number of hydrogen-bond donors (Lipinski definition) is 1. The first kappa shape index (κ1) is 13.1. The summed E-state index contributed by atoms with van der Waals surface area (Å²) in [7, 11) is 0. The minimum Gasteiger partial charge on any atom is -0.456 e. The molecule has 0 bridgehead atoms. The summed E-state index contributed by atoms with van der Waals surface area (Å²) >= 11 is 0. The van der Waals surface area contributed by atoms with Crippen molar-refractivity contribution in [2.24, 2.45) is 5.10 Å². The second-order valence-corrected chi connectivity index (χ2v) is 4.33. The van der Waals surface area contributed by atoms with Gasteiger partial charge in [0.05, 0.1) is 0 Å². The smallest absolute Gasteiger partial charge is 0.307 e. The van der Waals surface area contributed by atoms with Gasteiger partial charge in [0.1, 0.15) is 5.76 Å². The van der Waals surface area contributed by atoms with Crippen LogP contribution in [0.3, 0.4) is 0 Å². The molecule has 4 heteroatoms. The maximum atomic E-state index is 11.7. The molecule has 0 aliphatic rings. The lowest BCUT2D eigenvalue weighted by atomic mass is 10.0. The van der Waals surface area contributed by atoms with E-state index in [2.05, 4.69) is 10.5 Å². The van der Waals surface area contributed by atoms with E-state index in [9.17, 15) is 4.79 Å². The highest BCUT2D eigenvalue weighted by Gasteiger charge is 2.08. The van der Waals surface area contributed by atoms with E-state index in [1.54, 1.807) is 25.3 Å². The topological polar surface area (TPSA) is 54.6 Å². The minimum absolute atomic E-state index is 0.139. The van der Waals surface area contributed by atoms with Crippen LogP contribution in [0.4, 0.5) is 0 Å². The van der Waals surface area contributed by atoms with Crippen LogP contribution in [0.25, 0.3) is 0 Å². The second-order valence-electron chi connectivity index (χ2n) is 4.33. The van der Waals surface area contributed by atoms with Gasteiger partial charge < -0.3 is 4.42 Å². The maximum Gasteiger partial charge on any atom is 0.307 e. The number of hydrazone groups is 1. The molecule has 1 unspecified atom stereocenters. The molecule has 0 saturated carbocycles. The standard InChI is InChI=1S/C15H16N2O2/c1-11(13-6-4-3-5-7-13)10-16-17-15(18)14-9-8-12(2)19-14/h3-11H,1-2H3,(H,17,18)/b16-10+.